The third-order valence-electron chi connectivity index (χ3n) is 1.15. The molecule has 13 heavy (non-hydrogen) atoms. The van der Waals surface area contributed by atoms with Crippen LogP contribution in [0.4, 0.5) is 0 Å². The Balaban J connectivity index is 4.01. The van der Waals surface area contributed by atoms with Gasteiger partial charge in [0.15, 0.2) is 0 Å². The summed E-state index contributed by atoms with van der Waals surface area (Å²) in [5.41, 5.74) is -0.336. The number of carboxylic acid groups (broad SMARTS) is 1. The molecule has 0 spiro atoms. The minimum Gasteiger partial charge on any atom is -0.481 e. The highest BCUT2D eigenvalue weighted by atomic mass is 16.5. The first kappa shape index (κ1) is 11.2. The van der Waals surface area contributed by atoms with Crippen molar-refractivity contribution in [2.45, 2.75) is 19.4 Å². The van der Waals surface area contributed by atoms with Crippen LogP contribution < -0.4 is 0 Å². The zero-order chi connectivity index (χ0) is 10.4. The van der Waals surface area contributed by atoms with Crippen molar-refractivity contribution < 1.29 is 19.4 Å². The molecule has 1 N–H and O–H groups in total. The molecule has 0 aromatic heterocycles. The number of rotatable bonds is 4. The topological polar surface area (TPSA) is 87.4 Å². The van der Waals surface area contributed by atoms with E-state index in [0.717, 1.165) is 0 Å². The van der Waals surface area contributed by atoms with Gasteiger partial charge in [-0.15, -0.1) is 0 Å². The lowest BCUT2D eigenvalue weighted by Crippen LogP contribution is -2.18. The average molecular weight is 183 g/mol. The summed E-state index contributed by atoms with van der Waals surface area (Å²) in [6.07, 6.45) is -1.04. The maximum absolute atomic E-state index is 10.8. The van der Waals surface area contributed by atoms with Crippen LogP contribution >= 0.6 is 0 Å². The molecular weight excluding hydrogens is 174 g/mol. The van der Waals surface area contributed by atoms with Crippen molar-refractivity contribution in [3.05, 3.63) is 12.2 Å². The van der Waals surface area contributed by atoms with E-state index in [1.165, 1.54) is 13.0 Å². The van der Waals surface area contributed by atoms with Crippen molar-refractivity contribution in [1.29, 1.82) is 5.26 Å². The number of esters is 1. The van der Waals surface area contributed by atoms with E-state index < -0.39 is 18.0 Å². The Morgan fingerprint density at radius 2 is 2.23 bits per heavy atom. The molecule has 1 atom stereocenters. The van der Waals surface area contributed by atoms with Gasteiger partial charge in [0, 0.05) is 0 Å². The first-order valence-corrected chi connectivity index (χ1v) is 3.49. The standard InChI is InChI=1S/C8H9NO4/c1-5(4-9)8(12)13-6(2)3-7(10)11/h6H,1,3H2,2H3,(H,10,11). The number of carbonyl (C=O) groups excluding carboxylic acids is 1. The Kier molecular flexibility index (Phi) is 4.24. The van der Waals surface area contributed by atoms with Gasteiger partial charge in [0.25, 0.3) is 0 Å². The summed E-state index contributed by atoms with van der Waals surface area (Å²) in [6.45, 7) is 4.55. The molecule has 5 nitrogen and oxygen atoms in total. The number of carbonyl (C=O) groups is 2. The summed E-state index contributed by atoms with van der Waals surface area (Å²) in [5.74, 6) is -1.95. The highest BCUT2D eigenvalue weighted by Gasteiger charge is 2.14. The van der Waals surface area contributed by atoms with Crippen LogP contribution in [0.15, 0.2) is 12.2 Å². The minimum absolute atomic E-state index is 0.287. The summed E-state index contributed by atoms with van der Waals surface area (Å²) in [5, 5.41) is 16.5. The van der Waals surface area contributed by atoms with Gasteiger partial charge in [-0.25, -0.2) is 4.79 Å². The van der Waals surface area contributed by atoms with Gasteiger partial charge in [-0.2, -0.15) is 5.26 Å². The van der Waals surface area contributed by atoms with Crippen LogP contribution in [-0.4, -0.2) is 23.1 Å². The van der Waals surface area contributed by atoms with Crippen molar-refractivity contribution in [2.24, 2.45) is 0 Å². The summed E-state index contributed by atoms with van der Waals surface area (Å²) in [6, 6.07) is 1.51. The summed E-state index contributed by atoms with van der Waals surface area (Å²) >= 11 is 0. The molecule has 1 unspecified atom stereocenters. The number of nitrogens with zero attached hydrogens (tertiary/aromatic N) is 1. The van der Waals surface area contributed by atoms with E-state index in [2.05, 4.69) is 11.3 Å². The van der Waals surface area contributed by atoms with Gasteiger partial charge in [-0.1, -0.05) is 6.58 Å². The first-order valence-electron chi connectivity index (χ1n) is 3.49. The van der Waals surface area contributed by atoms with E-state index in [1.54, 1.807) is 0 Å². The lowest BCUT2D eigenvalue weighted by atomic mass is 10.3. The van der Waals surface area contributed by atoms with Crippen molar-refractivity contribution >= 4 is 11.9 Å². The van der Waals surface area contributed by atoms with Gasteiger partial charge in [0.05, 0.1) is 6.42 Å². The molecule has 0 saturated heterocycles. The number of aliphatic carboxylic acids is 1. The molecular formula is C8H9NO4. The van der Waals surface area contributed by atoms with Gasteiger partial charge in [-0.3, -0.25) is 4.79 Å². The minimum atomic E-state index is -1.07. The maximum Gasteiger partial charge on any atom is 0.348 e. The fraction of sp³-hybridized carbons (Fsp3) is 0.375. The summed E-state index contributed by atoms with van der Waals surface area (Å²) < 4.78 is 4.57. The molecule has 5 heteroatoms. The molecule has 0 bridgehead atoms. The van der Waals surface area contributed by atoms with Gasteiger partial charge in [0.1, 0.15) is 17.7 Å². The largest absolute Gasteiger partial charge is 0.481 e. The number of nitriles is 1. The lowest BCUT2D eigenvalue weighted by molar-refractivity contribution is -0.147. The molecule has 0 amide bonds. The Morgan fingerprint density at radius 3 is 2.62 bits per heavy atom. The van der Waals surface area contributed by atoms with Gasteiger partial charge < -0.3 is 9.84 Å². The quantitative estimate of drug-likeness (QED) is 0.389. The summed E-state index contributed by atoms with van der Waals surface area (Å²) in [7, 11) is 0. The fourth-order valence-electron chi connectivity index (χ4n) is 0.587. The van der Waals surface area contributed by atoms with E-state index in [4.69, 9.17) is 10.4 Å². The average Bonchev–Trinajstić information content (AvgIpc) is 2.01. The maximum atomic E-state index is 10.8. The zero-order valence-corrected chi connectivity index (χ0v) is 7.11. The zero-order valence-electron chi connectivity index (χ0n) is 7.11. The Labute approximate surface area is 75.2 Å². The number of hydrogen-bond acceptors (Lipinski definition) is 4. The van der Waals surface area contributed by atoms with Crippen LogP contribution in [0.1, 0.15) is 13.3 Å². The molecule has 0 aliphatic rings. The van der Waals surface area contributed by atoms with Crippen LogP contribution in [0.5, 0.6) is 0 Å². The Hall–Kier alpha value is -1.83. The molecule has 0 heterocycles. The highest BCUT2D eigenvalue weighted by Crippen LogP contribution is 2.01. The molecule has 0 rings (SSSR count). The number of hydrogen-bond donors (Lipinski definition) is 1. The van der Waals surface area contributed by atoms with E-state index in [9.17, 15) is 9.59 Å². The first-order chi connectivity index (χ1) is 5.97. The van der Waals surface area contributed by atoms with Crippen molar-refractivity contribution in [1.82, 2.24) is 0 Å². The van der Waals surface area contributed by atoms with Crippen molar-refractivity contribution in [3.63, 3.8) is 0 Å². The van der Waals surface area contributed by atoms with Gasteiger partial charge in [0.2, 0.25) is 0 Å². The Bertz CT molecular complexity index is 276. The van der Waals surface area contributed by atoms with Crippen LogP contribution in [0, 0.1) is 11.3 Å². The smallest absolute Gasteiger partial charge is 0.348 e. The molecule has 70 valence electrons. The molecule has 0 aromatic carbocycles. The van der Waals surface area contributed by atoms with Crippen LogP contribution in [0.3, 0.4) is 0 Å². The normalized spacial score (nSPS) is 11.1. The van der Waals surface area contributed by atoms with E-state index >= 15 is 0 Å². The lowest BCUT2D eigenvalue weighted by Gasteiger charge is -2.09. The van der Waals surface area contributed by atoms with Crippen molar-refractivity contribution in [2.75, 3.05) is 0 Å². The number of ether oxygens (including phenoxy) is 1. The van der Waals surface area contributed by atoms with E-state index in [0.29, 0.717) is 0 Å². The molecule has 0 aromatic rings. The molecule has 0 fully saturated rings. The summed E-state index contributed by atoms with van der Waals surface area (Å²) in [4.78, 5) is 21.0. The van der Waals surface area contributed by atoms with Gasteiger partial charge >= 0.3 is 11.9 Å². The van der Waals surface area contributed by atoms with Crippen molar-refractivity contribution in [3.8, 4) is 6.07 Å². The molecule has 0 aliphatic carbocycles. The molecule has 0 aliphatic heterocycles. The van der Waals surface area contributed by atoms with Crippen LogP contribution in [0.25, 0.3) is 0 Å². The predicted molar refractivity (Wildman–Crippen MR) is 42.6 cm³/mol. The SMILES string of the molecule is C=C(C#N)C(=O)OC(C)CC(=O)O. The Morgan fingerprint density at radius 1 is 1.69 bits per heavy atom. The van der Waals surface area contributed by atoms with E-state index in [1.807, 2.05) is 0 Å². The molecule has 0 radical (unpaired) electrons. The second kappa shape index (κ2) is 4.93. The molecule has 0 saturated carbocycles. The second-order valence-corrected chi connectivity index (χ2v) is 2.40. The second-order valence-electron chi connectivity index (χ2n) is 2.40. The van der Waals surface area contributed by atoms with Crippen LogP contribution in [0.2, 0.25) is 0 Å². The number of carboxylic acids is 1. The van der Waals surface area contributed by atoms with Gasteiger partial charge in [-0.05, 0) is 6.92 Å². The van der Waals surface area contributed by atoms with E-state index in [-0.39, 0.29) is 12.0 Å². The third kappa shape index (κ3) is 4.58. The highest BCUT2D eigenvalue weighted by molar-refractivity contribution is 5.92. The third-order valence-corrected chi connectivity index (χ3v) is 1.15. The fourth-order valence-corrected chi connectivity index (χ4v) is 0.587. The van der Waals surface area contributed by atoms with Crippen LogP contribution in [-0.2, 0) is 14.3 Å². The predicted octanol–water partition coefficient (Wildman–Crippen LogP) is 0.473. The monoisotopic (exact) mass is 183 g/mol.